The molecule has 0 radical (unpaired) electrons. The molecule has 1 rings (SSSR count). The Morgan fingerprint density at radius 2 is 1.94 bits per heavy atom. The molecule has 0 fully saturated rings. The number of hydrogen-bond acceptors (Lipinski definition) is 3. The Kier molecular flexibility index (Phi) is 5.32. The minimum atomic E-state index is -0.616. The quantitative estimate of drug-likeness (QED) is 0.785. The van der Waals surface area contributed by atoms with E-state index in [2.05, 4.69) is 5.32 Å². The van der Waals surface area contributed by atoms with Crippen LogP contribution in [0.4, 0.5) is 0 Å². The van der Waals surface area contributed by atoms with Gasteiger partial charge in [0, 0.05) is 20.4 Å². The molecular formula is C13H18N2O3. The van der Waals surface area contributed by atoms with Crippen molar-refractivity contribution in [2.75, 3.05) is 14.2 Å². The van der Waals surface area contributed by atoms with E-state index in [0.29, 0.717) is 6.42 Å². The summed E-state index contributed by atoms with van der Waals surface area (Å²) < 4.78 is 0. The Hall–Kier alpha value is -1.88. The lowest BCUT2D eigenvalue weighted by Gasteiger charge is -2.22. The van der Waals surface area contributed by atoms with E-state index in [1.807, 2.05) is 30.3 Å². The number of hydroxylamine groups is 2. The Balaban J connectivity index is 2.78. The molecular weight excluding hydrogens is 232 g/mol. The fourth-order valence-electron chi connectivity index (χ4n) is 1.60. The Labute approximate surface area is 107 Å². The molecule has 1 N–H and O–H groups in total. The average Bonchev–Trinajstić information content (AvgIpc) is 2.37. The second-order valence-corrected chi connectivity index (χ2v) is 3.96. The lowest BCUT2D eigenvalue weighted by Crippen LogP contribution is -2.47. The number of nitrogens with one attached hydrogen (secondary N) is 1. The summed E-state index contributed by atoms with van der Waals surface area (Å²) in [5.74, 6) is -0.523. The predicted octanol–water partition coefficient (Wildman–Crippen LogP) is 0.754. The summed E-state index contributed by atoms with van der Waals surface area (Å²) >= 11 is 0. The van der Waals surface area contributed by atoms with Gasteiger partial charge < -0.3 is 5.32 Å². The van der Waals surface area contributed by atoms with Crippen LogP contribution < -0.4 is 5.32 Å². The van der Waals surface area contributed by atoms with Crippen LogP contribution in [0.2, 0.25) is 0 Å². The van der Waals surface area contributed by atoms with Gasteiger partial charge in [0.15, 0.2) is 0 Å². The fourth-order valence-corrected chi connectivity index (χ4v) is 1.60. The first kappa shape index (κ1) is 14.2. The van der Waals surface area contributed by atoms with Gasteiger partial charge in [-0.3, -0.25) is 14.4 Å². The number of rotatable bonds is 5. The first-order chi connectivity index (χ1) is 8.54. The fraction of sp³-hybridized carbons (Fsp3) is 0.385. The maximum atomic E-state index is 12.0. The van der Waals surface area contributed by atoms with E-state index in [9.17, 15) is 9.59 Å². The van der Waals surface area contributed by atoms with Crippen LogP contribution in [0.15, 0.2) is 30.3 Å². The van der Waals surface area contributed by atoms with Gasteiger partial charge in [-0.2, -0.15) is 0 Å². The van der Waals surface area contributed by atoms with Crippen molar-refractivity contribution in [1.82, 2.24) is 10.4 Å². The van der Waals surface area contributed by atoms with E-state index in [1.54, 1.807) is 0 Å². The average molecular weight is 250 g/mol. The Morgan fingerprint density at radius 3 is 2.44 bits per heavy atom. The van der Waals surface area contributed by atoms with Crippen LogP contribution in [0.5, 0.6) is 0 Å². The topological polar surface area (TPSA) is 58.6 Å². The van der Waals surface area contributed by atoms with Gasteiger partial charge >= 0.3 is 0 Å². The van der Waals surface area contributed by atoms with Crippen molar-refractivity contribution in [3.8, 4) is 0 Å². The van der Waals surface area contributed by atoms with Crippen molar-refractivity contribution in [2.24, 2.45) is 0 Å². The SMILES string of the molecule is CON(C)C(=O)[C@H](Cc1ccccc1)NC(C)=O. The minimum Gasteiger partial charge on any atom is -0.344 e. The van der Waals surface area contributed by atoms with Crippen LogP contribution in [-0.4, -0.2) is 37.1 Å². The molecule has 0 spiro atoms. The number of nitrogens with zero attached hydrogens (tertiary/aromatic N) is 1. The summed E-state index contributed by atoms with van der Waals surface area (Å²) in [4.78, 5) is 28.0. The molecule has 5 nitrogen and oxygen atoms in total. The molecule has 0 aliphatic rings. The first-order valence-electron chi connectivity index (χ1n) is 5.67. The highest BCUT2D eigenvalue weighted by molar-refractivity contribution is 5.86. The van der Waals surface area contributed by atoms with Crippen LogP contribution in [0.3, 0.4) is 0 Å². The first-order valence-corrected chi connectivity index (χ1v) is 5.67. The lowest BCUT2D eigenvalue weighted by molar-refractivity contribution is -0.171. The molecule has 18 heavy (non-hydrogen) atoms. The number of carbonyl (C=O) groups is 2. The maximum absolute atomic E-state index is 12.0. The van der Waals surface area contributed by atoms with Gasteiger partial charge in [-0.15, -0.1) is 0 Å². The highest BCUT2D eigenvalue weighted by Gasteiger charge is 2.23. The van der Waals surface area contributed by atoms with Crippen molar-refractivity contribution >= 4 is 11.8 Å². The summed E-state index contributed by atoms with van der Waals surface area (Å²) in [7, 11) is 2.92. The van der Waals surface area contributed by atoms with Gasteiger partial charge in [0.2, 0.25) is 5.91 Å². The van der Waals surface area contributed by atoms with Crippen molar-refractivity contribution in [2.45, 2.75) is 19.4 Å². The Morgan fingerprint density at radius 1 is 1.33 bits per heavy atom. The van der Waals surface area contributed by atoms with Gasteiger partial charge in [0.1, 0.15) is 6.04 Å². The molecule has 0 saturated carbocycles. The van der Waals surface area contributed by atoms with E-state index < -0.39 is 6.04 Å². The molecule has 1 aromatic carbocycles. The number of amides is 2. The largest absolute Gasteiger partial charge is 0.344 e. The van der Waals surface area contributed by atoms with Crippen LogP contribution in [0, 0.1) is 0 Å². The standard InChI is InChI=1S/C13H18N2O3/c1-10(16)14-12(13(17)15(2)18-3)9-11-7-5-4-6-8-11/h4-8,12H,9H2,1-3H3,(H,14,16)/t12-/m0/s1. The molecule has 0 aliphatic heterocycles. The molecule has 0 unspecified atom stereocenters. The summed E-state index contributed by atoms with van der Waals surface area (Å²) in [6.45, 7) is 1.39. The molecule has 0 aromatic heterocycles. The molecule has 0 aliphatic carbocycles. The van der Waals surface area contributed by atoms with E-state index in [1.165, 1.54) is 21.1 Å². The van der Waals surface area contributed by atoms with E-state index in [-0.39, 0.29) is 11.8 Å². The third-order valence-electron chi connectivity index (χ3n) is 2.54. The summed E-state index contributed by atoms with van der Waals surface area (Å²) in [6.07, 6.45) is 0.437. The molecule has 1 aromatic rings. The summed E-state index contributed by atoms with van der Waals surface area (Å²) in [5.41, 5.74) is 0.981. The lowest BCUT2D eigenvalue weighted by atomic mass is 10.1. The third-order valence-corrected chi connectivity index (χ3v) is 2.54. The molecule has 98 valence electrons. The molecule has 0 saturated heterocycles. The monoisotopic (exact) mass is 250 g/mol. The van der Waals surface area contributed by atoms with Gasteiger partial charge in [-0.25, -0.2) is 5.06 Å². The molecule has 1 atom stereocenters. The van der Waals surface area contributed by atoms with Crippen LogP contribution in [0.1, 0.15) is 12.5 Å². The number of benzene rings is 1. The third kappa shape index (κ3) is 4.18. The zero-order chi connectivity index (χ0) is 13.5. The van der Waals surface area contributed by atoms with Gasteiger partial charge in [-0.05, 0) is 5.56 Å². The second kappa shape index (κ2) is 6.76. The van der Waals surface area contributed by atoms with Crippen molar-refractivity contribution in [1.29, 1.82) is 0 Å². The zero-order valence-electron chi connectivity index (χ0n) is 10.8. The highest BCUT2D eigenvalue weighted by atomic mass is 16.7. The Bertz CT molecular complexity index is 406. The number of carbonyl (C=O) groups excluding carboxylic acids is 2. The van der Waals surface area contributed by atoms with Crippen LogP contribution in [0.25, 0.3) is 0 Å². The molecule has 5 heteroatoms. The number of likely N-dealkylation sites (N-methyl/N-ethyl adjacent to an activating group) is 1. The van der Waals surface area contributed by atoms with Crippen LogP contribution >= 0.6 is 0 Å². The normalized spacial score (nSPS) is 11.7. The minimum absolute atomic E-state index is 0.242. The zero-order valence-corrected chi connectivity index (χ0v) is 10.8. The second-order valence-electron chi connectivity index (χ2n) is 3.96. The summed E-state index contributed by atoms with van der Waals surface area (Å²) in [6, 6.07) is 8.90. The highest BCUT2D eigenvalue weighted by Crippen LogP contribution is 2.05. The predicted molar refractivity (Wildman–Crippen MR) is 67.5 cm³/mol. The van der Waals surface area contributed by atoms with E-state index in [4.69, 9.17) is 4.84 Å². The molecule has 0 heterocycles. The van der Waals surface area contributed by atoms with E-state index >= 15 is 0 Å². The van der Waals surface area contributed by atoms with Crippen LogP contribution in [-0.2, 0) is 20.8 Å². The number of hydrogen-bond donors (Lipinski definition) is 1. The maximum Gasteiger partial charge on any atom is 0.268 e. The summed E-state index contributed by atoms with van der Waals surface area (Å²) in [5, 5.41) is 3.75. The molecule has 2 amide bonds. The van der Waals surface area contributed by atoms with Crippen molar-refractivity contribution in [3.05, 3.63) is 35.9 Å². The molecule has 0 bridgehead atoms. The smallest absolute Gasteiger partial charge is 0.268 e. The van der Waals surface area contributed by atoms with Gasteiger partial charge in [0.05, 0.1) is 7.11 Å². The van der Waals surface area contributed by atoms with E-state index in [0.717, 1.165) is 10.6 Å². The van der Waals surface area contributed by atoms with Crippen molar-refractivity contribution in [3.63, 3.8) is 0 Å². The van der Waals surface area contributed by atoms with Gasteiger partial charge in [-0.1, -0.05) is 30.3 Å². The van der Waals surface area contributed by atoms with Gasteiger partial charge in [0.25, 0.3) is 5.91 Å². The van der Waals surface area contributed by atoms with Crippen molar-refractivity contribution < 1.29 is 14.4 Å².